The fraction of sp³-hybridized carbons (Fsp3) is 0.333. The zero-order valence-electron chi connectivity index (χ0n) is 11.8. The van der Waals surface area contributed by atoms with Gasteiger partial charge >= 0.3 is 0 Å². The average molecular weight is 307 g/mol. The van der Waals surface area contributed by atoms with Crippen LogP contribution in [0, 0.1) is 5.41 Å². The van der Waals surface area contributed by atoms with E-state index in [9.17, 15) is 4.79 Å². The van der Waals surface area contributed by atoms with Gasteiger partial charge in [-0.3, -0.25) is 9.89 Å². The van der Waals surface area contributed by atoms with Crippen LogP contribution in [-0.2, 0) is 4.79 Å². The summed E-state index contributed by atoms with van der Waals surface area (Å²) in [6, 6.07) is 9.69. The van der Waals surface area contributed by atoms with Gasteiger partial charge < -0.3 is 10.6 Å². The molecule has 1 saturated heterocycles. The fourth-order valence-electron chi connectivity index (χ4n) is 2.44. The molecule has 1 unspecified atom stereocenters. The number of halogens is 1. The normalized spacial score (nSPS) is 20.8. The van der Waals surface area contributed by atoms with E-state index in [4.69, 9.17) is 0 Å². The maximum atomic E-state index is 12.3. The van der Waals surface area contributed by atoms with Gasteiger partial charge in [-0.15, -0.1) is 12.4 Å². The molecule has 0 bridgehead atoms. The number of rotatable bonds is 3. The lowest BCUT2D eigenvalue weighted by Crippen LogP contribution is -2.35. The first-order valence-electron chi connectivity index (χ1n) is 6.79. The first-order valence-corrected chi connectivity index (χ1v) is 6.79. The SMILES string of the molecule is CC1(C(=O)Nc2ccc(-c3ccn[nH]3)cc2)CCNC1.Cl. The van der Waals surface area contributed by atoms with E-state index in [1.165, 1.54) is 0 Å². The highest BCUT2D eigenvalue weighted by Crippen LogP contribution is 2.27. The van der Waals surface area contributed by atoms with Gasteiger partial charge in [-0.2, -0.15) is 5.10 Å². The third-order valence-corrected chi connectivity index (χ3v) is 3.87. The van der Waals surface area contributed by atoms with Crippen LogP contribution < -0.4 is 10.6 Å². The van der Waals surface area contributed by atoms with Crippen molar-refractivity contribution in [2.24, 2.45) is 5.41 Å². The monoisotopic (exact) mass is 306 g/mol. The van der Waals surface area contributed by atoms with E-state index in [2.05, 4.69) is 20.8 Å². The molecule has 1 aliphatic rings. The number of anilines is 1. The van der Waals surface area contributed by atoms with Crippen LogP contribution in [0.3, 0.4) is 0 Å². The second-order valence-corrected chi connectivity index (χ2v) is 5.49. The van der Waals surface area contributed by atoms with Crippen LogP contribution in [0.5, 0.6) is 0 Å². The molecule has 0 saturated carbocycles. The largest absolute Gasteiger partial charge is 0.326 e. The van der Waals surface area contributed by atoms with Crippen LogP contribution in [0.2, 0.25) is 0 Å². The lowest BCUT2D eigenvalue weighted by atomic mass is 9.88. The molecule has 6 heteroatoms. The second kappa shape index (κ2) is 6.28. The van der Waals surface area contributed by atoms with Gasteiger partial charge in [0.2, 0.25) is 5.91 Å². The van der Waals surface area contributed by atoms with Crippen molar-refractivity contribution < 1.29 is 4.79 Å². The molecule has 112 valence electrons. The Bertz CT molecular complexity index is 589. The van der Waals surface area contributed by atoms with Gasteiger partial charge in [0.25, 0.3) is 0 Å². The van der Waals surface area contributed by atoms with Gasteiger partial charge in [-0.25, -0.2) is 0 Å². The van der Waals surface area contributed by atoms with Crippen LogP contribution in [0.15, 0.2) is 36.5 Å². The summed E-state index contributed by atoms with van der Waals surface area (Å²) in [6.45, 7) is 3.65. The van der Waals surface area contributed by atoms with Gasteiger partial charge in [0.1, 0.15) is 0 Å². The van der Waals surface area contributed by atoms with E-state index >= 15 is 0 Å². The molecule has 1 fully saturated rings. The summed E-state index contributed by atoms with van der Waals surface area (Å²) in [5.74, 6) is 0.0804. The number of nitrogens with one attached hydrogen (secondary N) is 3. The number of benzene rings is 1. The van der Waals surface area contributed by atoms with E-state index in [1.807, 2.05) is 37.3 Å². The van der Waals surface area contributed by atoms with E-state index in [1.54, 1.807) is 6.20 Å². The minimum atomic E-state index is -0.304. The standard InChI is InChI=1S/C15H18N4O.ClH/c1-15(7-9-16-10-15)14(20)18-12-4-2-11(3-5-12)13-6-8-17-19-13;/h2-6,8,16H,7,9-10H2,1H3,(H,17,19)(H,18,20);1H. The topological polar surface area (TPSA) is 69.8 Å². The van der Waals surface area contributed by atoms with Gasteiger partial charge in [-0.1, -0.05) is 12.1 Å². The molecule has 1 aromatic heterocycles. The Labute approximate surface area is 129 Å². The second-order valence-electron chi connectivity index (χ2n) is 5.49. The summed E-state index contributed by atoms with van der Waals surface area (Å²) < 4.78 is 0. The Morgan fingerprint density at radius 2 is 2.05 bits per heavy atom. The summed E-state index contributed by atoms with van der Waals surface area (Å²) in [5, 5.41) is 13.1. The van der Waals surface area contributed by atoms with Crippen molar-refractivity contribution in [1.82, 2.24) is 15.5 Å². The molecule has 1 aliphatic heterocycles. The van der Waals surface area contributed by atoms with E-state index in [0.29, 0.717) is 0 Å². The summed E-state index contributed by atoms with van der Waals surface area (Å²) in [5.41, 5.74) is 2.54. The first kappa shape index (κ1) is 15.5. The highest BCUT2D eigenvalue weighted by Gasteiger charge is 2.36. The highest BCUT2D eigenvalue weighted by molar-refractivity contribution is 5.95. The minimum Gasteiger partial charge on any atom is -0.326 e. The zero-order chi connectivity index (χ0) is 14.0. The lowest BCUT2D eigenvalue weighted by Gasteiger charge is -2.21. The first-order chi connectivity index (χ1) is 9.67. The summed E-state index contributed by atoms with van der Waals surface area (Å²) in [7, 11) is 0. The Kier molecular flexibility index (Phi) is 4.65. The van der Waals surface area contributed by atoms with Crippen LogP contribution in [-0.4, -0.2) is 29.2 Å². The molecule has 0 radical (unpaired) electrons. The van der Waals surface area contributed by atoms with Crippen molar-refractivity contribution in [1.29, 1.82) is 0 Å². The predicted molar refractivity (Wildman–Crippen MR) is 85.5 cm³/mol. The van der Waals surface area contributed by atoms with Crippen LogP contribution >= 0.6 is 12.4 Å². The Morgan fingerprint density at radius 1 is 1.29 bits per heavy atom. The Morgan fingerprint density at radius 3 is 2.62 bits per heavy atom. The third-order valence-electron chi connectivity index (χ3n) is 3.87. The summed E-state index contributed by atoms with van der Waals surface area (Å²) in [4.78, 5) is 12.3. The zero-order valence-corrected chi connectivity index (χ0v) is 12.7. The molecular weight excluding hydrogens is 288 g/mol. The van der Waals surface area contributed by atoms with E-state index in [-0.39, 0.29) is 23.7 Å². The molecule has 21 heavy (non-hydrogen) atoms. The van der Waals surface area contributed by atoms with Crippen LogP contribution in [0.25, 0.3) is 11.3 Å². The maximum absolute atomic E-state index is 12.3. The number of aromatic amines is 1. The van der Waals surface area contributed by atoms with Crippen molar-refractivity contribution in [3.05, 3.63) is 36.5 Å². The van der Waals surface area contributed by atoms with Crippen molar-refractivity contribution >= 4 is 24.0 Å². The number of nitrogens with zero attached hydrogens (tertiary/aromatic N) is 1. The molecule has 2 aromatic rings. The van der Waals surface area contributed by atoms with Gasteiger partial charge in [0.15, 0.2) is 0 Å². The number of carbonyl (C=O) groups is 1. The fourth-order valence-corrected chi connectivity index (χ4v) is 2.44. The van der Waals surface area contributed by atoms with Crippen molar-refractivity contribution in [2.75, 3.05) is 18.4 Å². The molecule has 3 rings (SSSR count). The van der Waals surface area contributed by atoms with Crippen LogP contribution in [0.1, 0.15) is 13.3 Å². The lowest BCUT2D eigenvalue weighted by molar-refractivity contribution is -0.123. The smallest absolute Gasteiger partial charge is 0.231 e. The molecule has 1 aromatic carbocycles. The molecule has 1 amide bonds. The molecule has 3 N–H and O–H groups in total. The highest BCUT2D eigenvalue weighted by atomic mass is 35.5. The van der Waals surface area contributed by atoms with Gasteiger partial charge in [0, 0.05) is 18.4 Å². The van der Waals surface area contributed by atoms with Gasteiger partial charge in [-0.05, 0) is 43.7 Å². The molecular formula is C15H19ClN4O. The maximum Gasteiger partial charge on any atom is 0.231 e. The Hall–Kier alpha value is -1.85. The minimum absolute atomic E-state index is 0. The molecule has 1 atom stereocenters. The van der Waals surface area contributed by atoms with E-state index in [0.717, 1.165) is 36.5 Å². The third kappa shape index (κ3) is 3.25. The van der Waals surface area contributed by atoms with Crippen molar-refractivity contribution in [3.8, 4) is 11.3 Å². The predicted octanol–water partition coefficient (Wildman–Crippen LogP) is 2.44. The number of aromatic nitrogens is 2. The number of amides is 1. The molecule has 0 aliphatic carbocycles. The van der Waals surface area contributed by atoms with Crippen molar-refractivity contribution in [3.63, 3.8) is 0 Å². The van der Waals surface area contributed by atoms with Crippen molar-refractivity contribution in [2.45, 2.75) is 13.3 Å². The van der Waals surface area contributed by atoms with Crippen LogP contribution in [0.4, 0.5) is 5.69 Å². The Balaban J connectivity index is 0.00000161. The van der Waals surface area contributed by atoms with Gasteiger partial charge in [0.05, 0.1) is 11.1 Å². The number of hydrogen-bond acceptors (Lipinski definition) is 3. The summed E-state index contributed by atoms with van der Waals surface area (Å²) in [6.07, 6.45) is 2.60. The molecule has 0 spiro atoms. The molecule has 2 heterocycles. The number of hydrogen-bond donors (Lipinski definition) is 3. The molecule has 5 nitrogen and oxygen atoms in total. The average Bonchev–Trinajstić information content (AvgIpc) is 3.11. The quantitative estimate of drug-likeness (QED) is 0.816. The number of carbonyl (C=O) groups excluding carboxylic acids is 1. The van der Waals surface area contributed by atoms with E-state index < -0.39 is 0 Å². The summed E-state index contributed by atoms with van der Waals surface area (Å²) >= 11 is 0. The number of H-pyrrole nitrogens is 1.